The summed E-state index contributed by atoms with van der Waals surface area (Å²) in [6.45, 7) is 4.73. The SMILES string of the molecule is I.c1ccc(CN2CCC(NC(=NCCc3ccco3)NC3CCc4ncnn4C3)CC2)cc1. The van der Waals surface area contributed by atoms with Crippen LogP contribution in [0.5, 0.6) is 0 Å². The summed E-state index contributed by atoms with van der Waals surface area (Å²) >= 11 is 0. The van der Waals surface area contributed by atoms with Gasteiger partial charge in [0.2, 0.25) is 0 Å². The summed E-state index contributed by atoms with van der Waals surface area (Å²) < 4.78 is 7.48. The third-order valence-electron chi connectivity index (χ3n) is 6.53. The lowest BCUT2D eigenvalue weighted by Crippen LogP contribution is -2.52. The van der Waals surface area contributed by atoms with Crippen LogP contribution in [0.1, 0.15) is 36.4 Å². The van der Waals surface area contributed by atoms with Crippen LogP contribution in [0.4, 0.5) is 0 Å². The van der Waals surface area contributed by atoms with E-state index in [-0.39, 0.29) is 24.0 Å². The number of hydrogen-bond donors (Lipinski definition) is 2. The van der Waals surface area contributed by atoms with Gasteiger partial charge in [0.15, 0.2) is 5.96 Å². The third-order valence-corrected chi connectivity index (χ3v) is 6.53. The van der Waals surface area contributed by atoms with E-state index in [0.29, 0.717) is 18.6 Å². The zero-order valence-electron chi connectivity index (χ0n) is 19.5. The Morgan fingerprint density at radius 2 is 1.85 bits per heavy atom. The zero-order chi connectivity index (χ0) is 22.3. The second kappa shape index (κ2) is 12.3. The van der Waals surface area contributed by atoms with Crippen molar-refractivity contribution >= 4 is 29.9 Å². The van der Waals surface area contributed by atoms with E-state index in [0.717, 1.165) is 75.8 Å². The number of guanidine groups is 1. The van der Waals surface area contributed by atoms with Gasteiger partial charge in [-0.15, -0.1) is 24.0 Å². The Labute approximate surface area is 218 Å². The van der Waals surface area contributed by atoms with E-state index in [9.17, 15) is 0 Å². The minimum absolute atomic E-state index is 0. The molecule has 0 radical (unpaired) electrons. The van der Waals surface area contributed by atoms with E-state index in [1.807, 2.05) is 16.8 Å². The average Bonchev–Trinajstić information content (AvgIpc) is 3.53. The second-order valence-corrected chi connectivity index (χ2v) is 8.98. The number of halogens is 1. The topological polar surface area (TPSA) is 83.5 Å². The van der Waals surface area contributed by atoms with Crippen molar-refractivity contribution in [2.45, 2.75) is 57.3 Å². The first kappa shape index (κ1) is 24.7. The molecule has 1 atom stereocenters. The molecule has 8 nitrogen and oxygen atoms in total. The van der Waals surface area contributed by atoms with Gasteiger partial charge in [-0.3, -0.25) is 9.89 Å². The molecule has 1 unspecified atom stereocenters. The van der Waals surface area contributed by atoms with Gasteiger partial charge < -0.3 is 15.1 Å². The number of furan rings is 1. The molecular formula is C25H34IN7O. The standard InChI is InChI=1S/C25H33N7O.HI/c1-2-5-20(6-3-1)17-31-14-11-21(12-15-31)29-25(26-13-10-23-7-4-16-33-23)30-22-8-9-24-27-19-28-32(24)18-22;/h1-7,16,19,21-22H,8-15,17-18H2,(H2,26,29,30);1H. The quantitative estimate of drug-likeness (QED) is 0.256. The number of benzene rings is 1. The molecule has 0 amide bonds. The lowest BCUT2D eigenvalue weighted by molar-refractivity contribution is 0.198. The Morgan fingerprint density at radius 1 is 1.03 bits per heavy atom. The molecular weight excluding hydrogens is 541 g/mol. The predicted molar refractivity (Wildman–Crippen MR) is 143 cm³/mol. The number of rotatable bonds is 7. The zero-order valence-corrected chi connectivity index (χ0v) is 21.8. The first-order valence-electron chi connectivity index (χ1n) is 12.0. The van der Waals surface area contributed by atoms with Gasteiger partial charge in [-0.1, -0.05) is 30.3 Å². The highest BCUT2D eigenvalue weighted by Gasteiger charge is 2.24. The number of nitrogens with zero attached hydrogens (tertiary/aromatic N) is 5. The molecule has 1 saturated heterocycles. The van der Waals surface area contributed by atoms with Crippen molar-refractivity contribution < 1.29 is 4.42 Å². The van der Waals surface area contributed by atoms with Crippen LogP contribution >= 0.6 is 24.0 Å². The maximum Gasteiger partial charge on any atom is 0.191 e. The highest BCUT2D eigenvalue weighted by molar-refractivity contribution is 14.0. The molecule has 0 spiro atoms. The number of piperidine rings is 1. The number of nitrogens with one attached hydrogen (secondary N) is 2. The van der Waals surface area contributed by atoms with Crippen LogP contribution in [-0.2, 0) is 25.9 Å². The molecule has 3 aromatic rings. The van der Waals surface area contributed by atoms with Crippen molar-refractivity contribution in [2.75, 3.05) is 19.6 Å². The number of aliphatic imine (C=N–C) groups is 1. The molecule has 4 heterocycles. The molecule has 2 aliphatic heterocycles. The molecule has 9 heteroatoms. The van der Waals surface area contributed by atoms with Crippen LogP contribution in [0, 0.1) is 0 Å². The molecule has 0 bridgehead atoms. The van der Waals surface area contributed by atoms with Crippen LogP contribution in [0.3, 0.4) is 0 Å². The van der Waals surface area contributed by atoms with Crippen LogP contribution in [0.15, 0.2) is 64.5 Å². The lowest BCUT2D eigenvalue weighted by atomic mass is 10.0. The molecule has 1 aromatic carbocycles. The van der Waals surface area contributed by atoms with Gasteiger partial charge in [0.25, 0.3) is 0 Å². The summed E-state index contributed by atoms with van der Waals surface area (Å²) in [6, 6.07) is 15.4. The molecule has 2 aromatic heterocycles. The van der Waals surface area contributed by atoms with Gasteiger partial charge >= 0.3 is 0 Å². The molecule has 5 rings (SSSR count). The summed E-state index contributed by atoms with van der Waals surface area (Å²) in [7, 11) is 0. The molecule has 0 saturated carbocycles. The van der Waals surface area contributed by atoms with E-state index in [2.05, 4.69) is 55.9 Å². The van der Waals surface area contributed by atoms with Crippen molar-refractivity contribution in [3.63, 3.8) is 0 Å². The van der Waals surface area contributed by atoms with Crippen molar-refractivity contribution in [2.24, 2.45) is 4.99 Å². The van der Waals surface area contributed by atoms with Crippen LogP contribution in [-0.4, -0.2) is 57.3 Å². The first-order chi connectivity index (χ1) is 16.3. The Kier molecular flexibility index (Phi) is 8.97. The predicted octanol–water partition coefficient (Wildman–Crippen LogP) is 3.25. The van der Waals surface area contributed by atoms with Crippen LogP contribution < -0.4 is 10.6 Å². The number of likely N-dealkylation sites (tertiary alicyclic amines) is 1. The second-order valence-electron chi connectivity index (χ2n) is 8.98. The summed E-state index contributed by atoms with van der Waals surface area (Å²) in [6.07, 6.45) is 8.37. The van der Waals surface area contributed by atoms with Crippen LogP contribution in [0.25, 0.3) is 0 Å². The summed E-state index contributed by atoms with van der Waals surface area (Å²) in [5, 5.41) is 11.7. The summed E-state index contributed by atoms with van der Waals surface area (Å²) in [5.74, 6) is 2.94. The monoisotopic (exact) mass is 575 g/mol. The fraction of sp³-hybridized carbons (Fsp3) is 0.480. The molecule has 1 fully saturated rings. The Hall–Kier alpha value is -2.40. The van der Waals surface area contributed by atoms with E-state index in [4.69, 9.17) is 9.41 Å². The van der Waals surface area contributed by atoms with Gasteiger partial charge in [0, 0.05) is 51.1 Å². The number of aryl methyl sites for hydroxylation is 1. The van der Waals surface area contributed by atoms with Crippen molar-refractivity contribution in [3.8, 4) is 0 Å². The number of fused-ring (bicyclic) bond motifs is 1. The minimum atomic E-state index is 0. The first-order valence-corrected chi connectivity index (χ1v) is 12.0. The maximum atomic E-state index is 5.47. The third kappa shape index (κ3) is 6.82. The van der Waals surface area contributed by atoms with Gasteiger partial charge in [0.1, 0.15) is 17.9 Å². The minimum Gasteiger partial charge on any atom is -0.469 e. The highest BCUT2D eigenvalue weighted by atomic mass is 127. The molecule has 2 aliphatic rings. The fourth-order valence-electron chi connectivity index (χ4n) is 4.68. The molecule has 0 aliphatic carbocycles. The average molecular weight is 575 g/mol. The molecule has 2 N–H and O–H groups in total. The van der Waals surface area contributed by atoms with E-state index in [1.165, 1.54) is 5.56 Å². The Balaban J connectivity index is 0.00000274. The molecule has 182 valence electrons. The van der Waals surface area contributed by atoms with Gasteiger partial charge in [-0.2, -0.15) is 5.10 Å². The largest absolute Gasteiger partial charge is 0.469 e. The number of hydrogen-bond acceptors (Lipinski definition) is 5. The normalized spacial score (nSPS) is 19.3. The van der Waals surface area contributed by atoms with Gasteiger partial charge in [-0.05, 0) is 37.0 Å². The highest BCUT2D eigenvalue weighted by Crippen LogP contribution is 2.15. The fourth-order valence-corrected chi connectivity index (χ4v) is 4.68. The summed E-state index contributed by atoms with van der Waals surface area (Å²) in [5.41, 5.74) is 1.38. The van der Waals surface area contributed by atoms with E-state index < -0.39 is 0 Å². The van der Waals surface area contributed by atoms with Gasteiger partial charge in [-0.25, -0.2) is 9.67 Å². The van der Waals surface area contributed by atoms with Gasteiger partial charge in [0.05, 0.1) is 12.8 Å². The van der Waals surface area contributed by atoms with E-state index in [1.54, 1.807) is 12.6 Å². The van der Waals surface area contributed by atoms with E-state index >= 15 is 0 Å². The summed E-state index contributed by atoms with van der Waals surface area (Å²) in [4.78, 5) is 11.8. The Bertz CT molecular complexity index is 1010. The Morgan fingerprint density at radius 3 is 2.65 bits per heavy atom. The lowest BCUT2D eigenvalue weighted by Gasteiger charge is -2.34. The smallest absolute Gasteiger partial charge is 0.191 e. The maximum absolute atomic E-state index is 5.47. The number of aromatic nitrogens is 3. The van der Waals surface area contributed by atoms with Crippen molar-refractivity contribution in [3.05, 3.63) is 72.2 Å². The molecule has 34 heavy (non-hydrogen) atoms. The van der Waals surface area contributed by atoms with Crippen molar-refractivity contribution in [1.82, 2.24) is 30.3 Å². The van der Waals surface area contributed by atoms with Crippen molar-refractivity contribution in [1.29, 1.82) is 0 Å². The van der Waals surface area contributed by atoms with Crippen LogP contribution in [0.2, 0.25) is 0 Å².